The summed E-state index contributed by atoms with van der Waals surface area (Å²) in [4.78, 5) is 27.4. The Hall–Kier alpha value is -2.12. The summed E-state index contributed by atoms with van der Waals surface area (Å²) in [5.74, 6) is -0.282. The van der Waals surface area contributed by atoms with Gasteiger partial charge in [-0.3, -0.25) is 4.79 Å². The molecule has 0 aliphatic rings. The molecule has 0 atom stereocenters. The monoisotopic (exact) mass is 256 g/mol. The maximum absolute atomic E-state index is 11.7. The highest BCUT2D eigenvalue weighted by Gasteiger charge is 2.16. The number of carbonyl (C=O) groups excluding carboxylic acids is 1. The Kier molecular flexibility index (Phi) is 5.09. The number of carbonyl (C=O) groups is 2. The van der Waals surface area contributed by atoms with Crippen LogP contribution in [0, 0.1) is 6.92 Å². The Balaban J connectivity index is 2.48. The fourth-order valence-corrected chi connectivity index (χ4v) is 1.36. The molecule has 0 aromatic carbocycles. The lowest BCUT2D eigenvalue weighted by Crippen LogP contribution is -2.42. The van der Waals surface area contributed by atoms with E-state index in [0.29, 0.717) is 18.8 Å². The van der Waals surface area contributed by atoms with Crippen LogP contribution in [0.1, 0.15) is 25.1 Å². The van der Waals surface area contributed by atoms with Crippen LogP contribution in [0.5, 0.6) is 0 Å². The van der Waals surface area contributed by atoms with E-state index < -0.39 is 12.0 Å². The lowest BCUT2D eigenvalue weighted by atomic mass is 10.4. The lowest BCUT2D eigenvalue weighted by molar-refractivity contribution is -0.137. The molecule has 8 nitrogen and oxygen atoms in total. The van der Waals surface area contributed by atoms with Gasteiger partial charge in [0.1, 0.15) is 6.54 Å². The molecule has 1 rings (SSSR count). The number of rotatable bonds is 6. The molecule has 1 aromatic rings. The fraction of sp³-hybridized carbons (Fsp3) is 0.600. The van der Waals surface area contributed by atoms with Crippen LogP contribution in [0.15, 0.2) is 4.52 Å². The van der Waals surface area contributed by atoms with Crippen LogP contribution in [0.25, 0.3) is 0 Å². The van der Waals surface area contributed by atoms with Gasteiger partial charge in [0.25, 0.3) is 0 Å². The van der Waals surface area contributed by atoms with E-state index in [0.717, 1.165) is 0 Å². The summed E-state index contributed by atoms with van der Waals surface area (Å²) >= 11 is 0. The summed E-state index contributed by atoms with van der Waals surface area (Å²) in [5.41, 5.74) is 0. The number of amides is 2. The Labute approximate surface area is 104 Å². The first-order chi connectivity index (χ1) is 8.52. The van der Waals surface area contributed by atoms with Crippen molar-refractivity contribution in [2.45, 2.75) is 26.8 Å². The number of aliphatic carboxylic acids is 1. The Morgan fingerprint density at radius 2 is 2.22 bits per heavy atom. The molecule has 0 bridgehead atoms. The Morgan fingerprint density at radius 3 is 2.72 bits per heavy atom. The summed E-state index contributed by atoms with van der Waals surface area (Å²) in [6, 6.07) is -0.463. The maximum atomic E-state index is 11.7. The van der Waals surface area contributed by atoms with Gasteiger partial charge in [0, 0.05) is 6.54 Å². The van der Waals surface area contributed by atoms with Crippen molar-refractivity contribution in [1.29, 1.82) is 0 Å². The molecule has 0 unspecified atom stereocenters. The van der Waals surface area contributed by atoms with Crippen molar-refractivity contribution >= 4 is 12.0 Å². The average Bonchev–Trinajstić information content (AvgIpc) is 2.71. The predicted molar refractivity (Wildman–Crippen MR) is 60.8 cm³/mol. The number of aromatic nitrogens is 2. The molecule has 2 amide bonds. The second-order valence-electron chi connectivity index (χ2n) is 3.71. The SMILES string of the molecule is CCCN(CC(=O)O)C(=O)NCc1nc(C)no1. The molecular formula is C10H16N4O4. The minimum absolute atomic E-state index is 0.0828. The molecule has 0 saturated heterocycles. The van der Waals surface area contributed by atoms with Crippen molar-refractivity contribution in [3.63, 3.8) is 0 Å². The number of hydrogen-bond acceptors (Lipinski definition) is 5. The van der Waals surface area contributed by atoms with Gasteiger partial charge in [-0.1, -0.05) is 12.1 Å². The molecule has 0 radical (unpaired) electrons. The normalized spacial score (nSPS) is 10.1. The Bertz CT molecular complexity index is 418. The molecular weight excluding hydrogens is 240 g/mol. The van der Waals surface area contributed by atoms with E-state index in [9.17, 15) is 9.59 Å². The minimum atomic E-state index is -1.05. The summed E-state index contributed by atoms with van der Waals surface area (Å²) in [6.45, 7) is 3.66. The van der Waals surface area contributed by atoms with Crippen molar-refractivity contribution in [3.05, 3.63) is 11.7 Å². The Morgan fingerprint density at radius 1 is 1.50 bits per heavy atom. The standard InChI is InChI=1S/C10H16N4O4/c1-3-4-14(6-9(15)16)10(17)11-5-8-12-7(2)13-18-8/h3-6H2,1-2H3,(H,11,17)(H,15,16). The van der Waals surface area contributed by atoms with Crippen molar-refractivity contribution in [2.75, 3.05) is 13.1 Å². The van der Waals surface area contributed by atoms with Crippen molar-refractivity contribution in [1.82, 2.24) is 20.4 Å². The third-order valence-electron chi connectivity index (χ3n) is 2.07. The fourth-order valence-electron chi connectivity index (χ4n) is 1.36. The quantitative estimate of drug-likeness (QED) is 0.761. The van der Waals surface area contributed by atoms with Crippen LogP contribution in [-0.4, -0.2) is 45.2 Å². The zero-order valence-corrected chi connectivity index (χ0v) is 10.3. The van der Waals surface area contributed by atoms with Gasteiger partial charge in [-0.05, 0) is 13.3 Å². The van der Waals surface area contributed by atoms with Crippen LogP contribution >= 0.6 is 0 Å². The van der Waals surface area contributed by atoms with E-state index in [4.69, 9.17) is 9.63 Å². The first-order valence-corrected chi connectivity index (χ1v) is 5.56. The van der Waals surface area contributed by atoms with Crippen molar-refractivity contribution in [2.24, 2.45) is 0 Å². The molecule has 2 N–H and O–H groups in total. The first-order valence-electron chi connectivity index (χ1n) is 5.56. The van der Waals surface area contributed by atoms with E-state index in [2.05, 4.69) is 15.5 Å². The molecule has 0 aliphatic carbocycles. The number of hydrogen-bond donors (Lipinski definition) is 2. The summed E-state index contributed by atoms with van der Waals surface area (Å²) in [5, 5.41) is 14.8. The molecule has 0 saturated carbocycles. The van der Waals surface area contributed by atoms with Gasteiger partial charge in [-0.2, -0.15) is 4.98 Å². The van der Waals surface area contributed by atoms with Crippen LogP contribution in [-0.2, 0) is 11.3 Å². The zero-order chi connectivity index (χ0) is 13.5. The predicted octanol–water partition coefficient (Wildman–Crippen LogP) is 0.384. The average molecular weight is 256 g/mol. The first kappa shape index (κ1) is 13.9. The number of urea groups is 1. The molecule has 8 heteroatoms. The number of carboxylic acid groups (broad SMARTS) is 1. The van der Waals surface area contributed by atoms with Gasteiger partial charge >= 0.3 is 12.0 Å². The van der Waals surface area contributed by atoms with Crippen molar-refractivity contribution in [3.8, 4) is 0 Å². The second kappa shape index (κ2) is 6.58. The van der Waals surface area contributed by atoms with Gasteiger partial charge in [-0.25, -0.2) is 4.79 Å². The highest BCUT2D eigenvalue weighted by molar-refractivity contribution is 5.79. The molecule has 100 valence electrons. The van der Waals surface area contributed by atoms with E-state index >= 15 is 0 Å². The third kappa shape index (κ3) is 4.40. The summed E-state index contributed by atoms with van der Waals surface area (Å²) < 4.78 is 4.82. The third-order valence-corrected chi connectivity index (χ3v) is 2.07. The largest absolute Gasteiger partial charge is 0.480 e. The molecule has 1 heterocycles. The van der Waals surface area contributed by atoms with Crippen LogP contribution in [0.4, 0.5) is 4.79 Å². The van der Waals surface area contributed by atoms with Crippen LogP contribution < -0.4 is 5.32 Å². The topological polar surface area (TPSA) is 109 Å². The van der Waals surface area contributed by atoms with E-state index in [1.807, 2.05) is 6.92 Å². The second-order valence-corrected chi connectivity index (χ2v) is 3.71. The number of carboxylic acids is 1. The smallest absolute Gasteiger partial charge is 0.323 e. The highest BCUT2D eigenvalue weighted by atomic mass is 16.5. The molecule has 1 aromatic heterocycles. The molecule has 0 fully saturated rings. The van der Waals surface area contributed by atoms with Gasteiger partial charge in [0.15, 0.2) is 5.82 Å². The van der Waals surface area contributed by atoms with Gasteiger partial charge < -0.3 is 19.8 Å². The molecule has 0 aliphatic heterocycles. The number of aryl methyl sites for hydroxylation is 1. The molecule has 0 spiro atoms. The number of nitrogens with one attached hydrogen (secondary N) is 1. The zero-order valence-electron chi connectivity index (χ0n) is 10.3. The minimum Gasteiger partial charge on any atom is -0.480 e. The van der Waals surface area contributed by atoms with E-state index in [1.165, 1.54) is 4.90 Å². The van der Waals surface area contributed by atoms with Crippen LogP contribution in [0.2, 0.25) is 0 Å². The maximum Gasteiger partial charge on any atom is 0.323 e. The number of nitrogens with zero attached hydrogens (tertiary/aromatic N) is 3. The van der Waals surface area contributed by atoms with Gasteiger partial charge in [-0.15, -0.1) is 0 Å². The van der Waals surface area contributed by atoms with Crippen molar-refractivity contribution < 1.29 is 19.2 Å². The van der Waals surface area contributed by atoms with Crippen LogP contribution in [0.3, 0.4) is 0 Å². The summed E-state index contributed by atoms with van der Waals surface area (Å²) in [6.07, 6.45) is 0.681. The summed E-state index contributed by atoms with van der Waals surface area (Å²) in [7, 11) is 0. The van der Waals surface area contributed by atoms with Gasteiger partial charge in [0.05, 0.1) is 6.54 Å². The van der Waals surface area contributed by atoms with E-state index in [1.54, 1.807) is 6.92 Å². The lowest BCUT2D eigenvalue weighted by Gasteiger charge is -2.19. The highest BCUT2D eigenvalue weighted by Crippen LogP contribution is 1.97. The molecule has 18 heavy (non-hydrogen) atoms. The van der Waals surface area contributed by atoms with Gasteiger partial charge in [0.2, 0.25) is 5.89 Å². The van der Waals surface area contributed by atoms with E-state index in [-0.39, 0.29) is 19.0 Å².